The Hall–Kier alpha value is -0.870. The zero-order chi connectivity index (χ0) is 13.5. The van der Waals surface area contributed by atoms with E-state index in [4.69, 9.17) is 4.74 Å². The molecule has 0 N–H and O–H groups in total. The van der Waals surface area contributed by atoms with Gasteiger partial charge in [0.15, 0.2) is 0 Å². The van der Waals surface area contributed by atoms with E-state index in [9.17, 15) is 4.79 Å². The van der Waals surface area contributed by atoms with Crippen molar-refractivity contribution in [1.29, 1.82) is 0 Å². The lowest BCUT2D eigenvalue weighted by atomic mass is 10.00. The van der Waals surface area contributed by atoms with Gasteiger partial charge in [0.2, 0.25) is 5.91 Å². The number of nitrogens with zero attached hydrogens (tertiary/aromatic N) is 1. The molecule has 0 aliphatic rings. The van der Waals surface area contributed by atoms with Crippen LogP contribution in [0.1, 0.15) is 18.4 Å². The number of alkyl halides is 1. The first-order valence-corrected chi connectivity index (χ1v) is 6.90. The fourth-order valence-electron chi connectivity index (χ4n) is 1.84. The molecule has 1 aromatic rings. The van der Waals surface area contributed by atoms with Crippen molar-refractivity contribution >= 4 is 21.8 Å². The fraction of sp³-hybridized carbons (Fsp3) is 0.500. The van der Waals surface area contributed by atoms with E-state index < -0.39 is 0 Å². The van der Waals surface area contributed by atoms with Gasteiger partial charge in [0.1, 0.15) is 0 Å². The van der Waals surface area contributed by atoms with Crippen molar-refractivity contribution in [3.63, 3.8) is 0 Å². The van der Waals surface area contributed by atoms with Gasteiger partial charge in [-0.2, -0.15) is 0 Å². The third-order valence-corrected chi connectivity index (χ3v) is 3.42. The van der Waals surface area contributed by atoms with Crippen molar-refractivity contribution in [1.82, 2.24) is 4.90 Å². The molecular formula is C14H20BrNO2. The highest BCUT2D eigenvalue weighted by Gasteiger charge is 2.20. The fourth-order valence-corrected chi connectivity index (χ4v) is 2.53. The normalized spacial score (nSPS) is 14.0. The van der Waals surface area contributed by atoms with E-state index in [0.29, 0.717) is 13.2 Å². The number of carbonyl (C=O) groups is 1. The summed E-state index contributed by atoms with van der Waals surface area (Å²) in [6, 6.07) is 9.83. The van der Waals surface area contributed by atoms with Crippen LogP contribution >= 0.6 is 15.9 Å². The maximum Gasteiger partial charge on any atom is 0.229 e. The number of carbonyl (C=O) groups excluding carboxylic acids is 1. The van der Waals surface area contributed by atoms with Gasteiger partial charge in [-0.05, 0) is 12.5 Å². The Morgan fingerprint density at radius 3 is 2.56 bits per heavy atom. The van der Waals surface area contributed by atoms with Crippen LogP contribution in [-0.2, 0) is 9.53 Å². The molecule has 0 bridgehead atoms. The maximum atomic E-state index is 12.2. The molecule has 1 aromatic carbocycles. The van der Waals surface area contributed by atoms with Crippen molar-refractivity contribution in [2.45, 2.75) is 17.7 Å². The highest BCUT2D eigenvalue weighted by Crippen LogP contribution is 2.17. The van der Waals surface area contributed by atoms with Gasteiger partial charge in [0.05, 0.1) is 17.4 Å². The second-order valence-corrected chi connectivity index (χ2v) is 5.70. The van der Waals surface area contributed by atoms with Crippen molar-refractivity contribution in [2.24, 2.45) is 0 Å². The number of amides is 1. The van der Waals surface area contributed by atoms with Crippen LogP contribution in [0.25, 0.3) is 0 Å². The van der Waals surface area contributed by atoms with E-state index >= 15 is 0 Å². The average molecular weight is 314 g/mol. The Labute approximate surface area is 117 Å². The average Bonchev–Trinajstić information content (AvgIpc) is 2.38. The second-order valence-electron chi connectivity index (χ2n) is 4.40. The van der Waals surface area contributed by atoms with Gasteiger partial charge in [0, 0.05) is 20.7 Å². The summed E-state index contributed by atoms with van der Waals surface area (Å²) in [6.07, 6.45) is 0. The van der Waals surface area contributed by atoms with Crippen LogP contribution < -0.4 is 0 Å². The Bertz CT molecular complexity index is 369. The minimum atomic E-state index is -0.113. The van der Waals surface area contributed by atoms with E-state index in [-0.39, 0.29) is 16.7 Å². The number of methoxy groups -OCH3 is 1. The van der Waals surface area contributed by atoms with E-state index in [0.717, 1.165) is 5.56 Å². The smallest absolute Gasteiger partial charge is 0.229 e. The van der Waals surface area contributed by atoms with Gasteiger partial charge < -0.3 is 9.64 Å². The van der Waals surface area contributed by atoms with E-state index in [2.05, 4.69) is 15.9 Å². The summed E-state index contributed by atoms with van der Waals surface area (Å²) in [5, 5.41) is 0. The largest absolute Gasteiger partial charge is 0.383 e. The van der Waals surface area contributed by atoms with Crippen molar-refractivity contribution < 1.29 is 9.53 Å². The number of hydrogen-bond acceptors (Lipinski definition) is 2. The molecule has 0 radical (unpaired) electrons. The van der Waals surface area contributed by atoms with Crippen molar-refractivity contribution in [2.75, 3.05) is 27.3 Å². The number of halogens is 1. The first-order valence-electron chi connectivity index (χ1n) is 5.99. The van der Waals surface area contributed by atoms with Gasteiger partial charge in [-0.3, -0.25) is 4.79 Å². The summed E-state index contributed by atoms with van der Waals surface area (Å²) in [5.74, 6) is 0.0141. The molecular weight excluding hydrogens is 294 g/mol. The molecule has 4 heteroatoms. The Morgan fingerprint density at radius 2 is 2.00 bits per heavy atom. The second kappa shape index (κ2) is 7.54. The Balaban J connectivity index is 2.58. The molecule has 1 amide bonds. The molecule has 0 spiro atoms. The molecule has 0 aromatic heterocycles. The predicted molar refractivity (Wildman–Crippen MR) is 77.1 cm³/mol. The molecule has 3 nitrogen and oxygen atoms in total. The standard InChI is InChI=1S/C14H20BrNO2/c1-11(12-7-5-4-6-8-12)14(17)16(2)9-13(15)10-18-3/h4-8,11,13H,9-10H2,1-3H3. The molecule has 0 saturated carbocycles. The van der Waals surface area contributed by atoms with Crippen LogP contribution in [0.2, 0.25) is 0 Å². The number of rotatable bonds is 6. The number of likely N-dealkylation sites (N-methyl/N-ethyl adjacent to an activating group) is 1. The summed E-state index contributed by atoms with van der Waals surface area (Å²) in [7, 11) is 3.48. The molecule has 0 aliphatic carbocycles. The topological polar surface area (TPSA) is 29.5 Å². The molecule has 0 aliphatic heterocycles. The summed E-state index contributed by atoms with van der Waals surface area (Å²) >= 11 is 3.49. The Kier molecular flexibility index (Phi) is 6.36. The zero-order valence-electron chi connectivity index (χ0n) is 11.1. The summed E-state index contributed by atoms with van der Waals surface area (Å²) in [6.45, 7) is 3.18. The third kappa shape index (κ3) is 4.42. The van der Waals surface area contributed by atoms with Crippen molar-refractivity contribution in [3.8, 4) is 0 Å². The van der Waals surface area contributed by atoms with Gasteiger partial charge in [0.25, 0.3) is 0 Å². The lowest BCUT2D eigenvalue weighted by Gasteiger charge is -2.23. The lowest BCUT2D eigenvalue weighted by Crippen LogP contribution is -2.36. The van der Waals surface area contributed by atoms with Crippen LogP contribution in [0.15, 0.2) is 30.3 Å². The summed E-state index contributed by atoms with van der Waals surface area (Å²) < 4.78 is 5.04. The van der Waals surface area contributed by atoms with Gasteiger partial charge in [-0.15, -0.1) is 0 Å². The third-order valence-electron chi connectivity index (χ3n) is 2.87. The molecule has 0 fully saturated rings. The Morgan fingerprint density at radius 1 is 1.39 bits per heavy atom. The van der Waals surface area contributed by atoms with Crippen LogP contribution in [0.4, 0.5) is 0 Å². The summed E-state index contributed by atoms with van der Waals surface area (Å²) in [5.41, 5.74) is 1.05. The molecule has 2 unspecified atom stereocenters. The summed E-state index contributed by atoms with van der Waals surface area (Å²) in [4.78, 5) is 14.2. The number of benzene rings is 1. The monoisotopic (exact) mass is 313 g/mol. The number of ether oxygens (including phenoxy) is 1. The van der Waals surface area contributed by atoms with Gasteiger partial charge >= 0.3 is 0 Å². The minimum absolute atomic E-state index is 0.113. The van der Waals surface area contributed by atoms with Crippen LogP contribution in [0.3, 0.4) is 0 Å². The molecule has 100 valence electrons. The minimum Gasteiger partial charge on any atom is -0.383 e. The van der Waals surface area contributed by atoms with Crippen LogP contribution in [-0.4, -0.2) is 42.9 Å². The molecule has 1 rings (SSSR count). The first kappa shape index (κ1) is 15.2. The molecule has 0 heterocycles. The van der Waals surface area contributed by atoms with Crippen LogP contribution in [0, 0.1) is 0 Å². The first-order chi connectivity index (χ1) is 8.56. The van der Waals surface area contributed by atoms with Crippen molar-refractivity contribution in [3.05, 3.63) is 35.9 Å². The molecule has 18 heavy (non-hydrogen) atoms. The highest BCUT2D eigenvalue weighted by molar-refractivity contribution is 9.09. The zero-order valence-corrected chi connectivity index (χ0v) is 12.7. The quantitative estimate of drug-likeness (QED) is 0.756. The lowest BCUT2D eigenvalue weighted by molar-refractivity contribution is -0.131. The predicted octanol–water partition coefficient (Wildman–Crippen LogP) is 2.66. The van der Waals surface area contributed by atoms with Gasteiger partial charge in [-0.1, -0.05) is 46.3 Å². The molecule has 0 saturated heterocycles. The SMILES string of the molecule is COCC(Br)CN(C)C(=O)C(C)c1ccccc1. The molecule has 2 atom stereocenters. The van der Waals surface area contributed by atoms with E-state index in [1.54, 1.807) is 12.0 Å². The maximum absolute atomic E-state index is 12.2. The van der Waals surface area contributed by atoms with Gasteiger partial charge in [-0.25, -0.2) is 0 Å². The number of hydrogen-bond donors (Lipinski definition) is 0. The van der Waals surface area contributed by atoms with E-state index in [1.807, 2.05) is 44.3 Å². The van der Waals surface area contributed by atoms with Crippen LogP contribution in [0.5, 0.6) is 0 Å². The van der Waals surface area contributed by atoms with E-state index in [1.165, 1.54) is 0 Å². The highest BCUT2D eigenvalue weighted by atomic mass is 79.9.